The Kier molecular flexibility index (Phi) is 6.12. The SMILES string of the molecule is CC(C)(C)OC(=O)c1cccc(OC2=NC(Oc3ccc(C#N)c(N)c3)=C3NC(=O)CN=C3N2)c1. The predicted molar refractivity (Wildman–Crippen MR) is 126 cm³/mol. The highest BCUT2D eigenvalue weighted by Gasteiger charge is 2.29. The molecule has 2 heterocycles. The Morgan fingerprint density at radius 3 is 2.60 bits per heavy atom. The maximum absolute atomic E-state index is 12.4. The van der Waals surface area contributed by atoms with Crippen molar-refractivity contribution in [1.82, 2.24) is 10.6 Å². The topological polar surface area (TPSA) is 160 Å². The Morgan fingerprint density at radius 1 is 1.11 bits per heavy atom. The number of hydrogen-bond donors (Lipinski definition) is 3. The molecule has 4 N–H and O–H groups in total. The molecule has 0 fully saturated rings. The number of aliphatic imine (C=N–C) groups is 2. The highest BCUT2D eigenvalue weighted by Crippen LogP contribution is 2.25. The van der Waals surface area contributed by atoms with Crippen molar-refractivity contribution in [2.45, 2.75) is 26.4 Å². The van der Waals surface area contributed by atoms with E-state index in [-0.39, 0.29) is 41.6 Å². The molecule has 0 saturated heterocycles. The number of benzene rings is 2. The number of ether oxygens (including phenoxy) is 3. The normalized spacial score (nSPS) is 15.0. The smallest absolute Gasteiger partial charge is 0.338 e. The first-order valence-electron chi connectivity index (χ1n) is 10.5. The number of nitrogens with one attached hydrogen (secondary N) is 2. The lowest BCUT2D eigenvalue weighted by atomic mass is 10.1. The zero-order valence-corrected chi connectivity index (χ0v) is 19.2. The van der Waals surface area contributed by atoms with E-state index in [9.17, 15) is 9.59 Å². The molecule has 35 heavy (non-hydrogen) atoms. The lowest BCUT2D eigenvalue weighted by Gasteiger charge is -2.25. The van der Waals surface area contributed by atoms with E-state index in [1.807, 2.05) is 6.07 Å². The van der Waals surface area contributed by atoms with E-state index in [4.69, 9.17) is 25.2 Å². The monoisotopic (exact) mass is 474 g/mol. The van der Waals surface area contributed by atoms with Crippen molar-refractivity contribution in [3.05, 3.63) is 65.2 Å². The number of nitrogens with two attached hydrogens (primary N) is 1. The lowest BCUT2D eigenvalue weighted by Crippen LogP contribution is -2.48. The first-order valence-corrected chi connectivity index (χ1v) is 10.5. The predicted octanol–water partition coefficient (Wildman–Crippen LogP) is 2.21. The molecule has 4 rings (SSSR count). The summed E-state index contributed by atoms with van der Waals surface area (Å²) in [5, 5.41) is 14.6. The Balaban J connectivity index is 1.62. The van der Waals surface area contributed by atoms with E-state index < -0.39 is 11.6 Å². The number of esters is 1. The number of fused-ring (bicyclic) bond motifs is 1. The second kappa shape index (κ2) is 9.18. The summed E-state index contributed by atoms with van der Waals surface area (Å²) in [4.78, 5) is 32.8. The zero-order valence-electron chi connectivity index (χ0n) is 19.2. The van der Waals surface area contributed by atoms with E-state index in [0.717, 1.165) is 0 Å². The van der Waals surface area contributed by atoms with Gasteiger partial charge < -0.3 is 25.3 Å². The highest BCUT2D eigenvalue weighted by atomic mass is 16.6. The fourth-order valence-electron chi connectivity index (χ4n) is 3.08. The molecule has 0 aromatic heterocycles. The van der Waals surface area contributed by atoms with Gasteiger partial charge in [-0.15, -0.1) is 0 Å². The third kappa shape index (κ3) is 5.56. The number of carbonyl (C=O) groups excluding carboxylic acids is 2. The summed E-state index contributed by atoms with van der Waals surface area (Å²) in [6.45, 7) is 5.25. The van der Waals surface area contributed by atoms with Crippen LogP contribution in [0.1, 0.15) is 36.7 Å². The van der Waals surface area contributed by atoms with Gasteiger partial charge in [0.2, 0.25) is 5.91 Å². The van der Waals surface area contributed by atoms with Crippen LogP contribution in [0.15, 0.2) is 64.0 Å². The van der Waals surface area contributed by atoms with Gasteiger partial charge in [-0.25, -0.2) is 4.79 Å². The molecule has 0 unspecified atom stereocenters. The molecule has 11 heteroatoms. The number of rotatable bonds is 4. The molecule has 2 aromatic carbocycles. The maximum atomic E-state index is 12.4. The Bertz CT molecular complexity index is 1350. The van der Waals surface area contributed by atoms with Crippen LogP contribution in [0.25, 0.3) is 0 Å². The van der Waals surface area contributed by atoms with E-state index in [0.29, 0.717) is 22.6 Å². The number of carbonyl (C=O) groups is 2. The van der Waals surface area contributed by atoms with Crippen molar-refractivity contribution in [1.29, 1.82) is 5.26 Å². The van der Waals surface area contributed by atoms with Crippen LogP contribution in [-0.4, -0.2) is 35.9 Å². The summed E-state index contributed by atoms with van der Waals surface area (Å²) < 4.78 is 17.1. The second-order valence-electron chi connectivity index (χ2n) is 8.53. The van der Waals surface area contributed by atoms with Gasteiger partial charge in [-0.3, -0.25) is 15.1 Å². The second-order valence-corrected chi connectivity index (χ2v) is 8.53. The minimum Gasteiger partial charge on any atom is -0.456 e. The third-order valence-corrected chi connectivity index (χ3v) is 4.57. The first-order chi connectivity index (χ1) is 16.6. The molecule has 0 atom stereocenters. The Hall–Kier alpha value is -4.85. The number of hydrogen-bond acceptors (Lipinski definition) is 10. The maximum Gasteiger partial charge on any atom is 0.338 e. The molecule has 1 amide bonds. The molecular weight excluding hydrogens is 452 g/mol. The van der Waals surface area contributed by atoms with Crippen LogP contribution in [0.5, 0.6) is 11.5 Å². The summed E-state index contributed by atoms with van der Waals surface area (Å²) in [6, 6.07) is 12.9. The van der Waals surface area contributed by atoms with E-state index >= 15 is 0 Å². The van der Waals surface area contributed by atoms with Gasteiger partial charge in [-0.05, 0) is 51.1 Å². The van der Waals surface area contributed by atoms with Gasteiger partial charge in [0, 0.05) is 6.07 Å². The van der Waals surface area contributed by atoms with Gasteiger partial charge >= 0.3 is 12.0 Å². The summed E-state index contributed by atoms with van der Waals surface area (Å²) in [6.07, 6.45) is 0. The summed E-state index contributed by atoms with van der Waals surface area (Å²) in [5.41, 5.74) is 6.28. The number of nitriles is 1. The van der Waals surface area contributed by atoms with Crippen LogP contribution in [-0.2, 0) is 9.53 Å². The van der Waals surface area contributed by atoms with E-state index in [1.165, 1.54) is 18.2 Å². The van der Waals surface area contributed by atoms with Crippen molar-refractivity contribution in [3.8, 4) is 17.6 Å². The minimum atomic E-state index is -0.644. The largest absolute Gasteiger partial charge is 0.456 e. The molecule has 11 nitrogen and oxygen atoms in total. The molecule has 0 saturated carbocycles. The Morgan fingerprint density at radius 2 is 1.89 bits per heavy atom. The molecule has 0 radical (unpaired) electrons. The Labute approximate surface area is 200 Å². The average Bonchev–Trinajstić information content (AvgIpc) is 2.79. The molecule has 0 bridgehead atoms. The molecular formula is C24H22N6O5. The van der Waals surface area contributed by atoms with Crippen LogP contribution < -0.4 is 25.8 Å². The first kappa shape index (κ1) is 23.3. The van der Waals surface area contributed by atoms with Crippen molar-refractivity contribution < 1.29 is 23.8 Å². The summed E-state index contributed by atoms with van der Waals surface area (Å²) in [5.74, 6) is 0.0547. The van der Waals surface area contributed by atoms with Crippen LogP contribution in [0, 0.1) is 11.3 Å². The molecule has 2 aliphatic rings. The number of amides is 1. The molecule has 0 aliphatic carbocycles. The van der Waals surface area contributed by atoms with E-state index in [2.05, 4.69) is 20.6 Å². The van der Waals surface area contributed by atoms with E-state index in [1.54, 1.807) is 45.0 Å². The van der Waals surface area contributed by atoms with Gasteiger partial charge in [0.15, 0.2) is 5.84 Å². The summed E-state index contributed by atoms with van der Waals surface area (Å²) >= 11 is 0. The number of anilines is 1. The minimum absolute atomic E-state index is 0.00149. The van der Waals surface area contributed by atoms with Gasteiger partial charge in [0.25, 0.3) is 5.88 Å². The van der Waals surface area contributed by atoms with Crippen LogP contribution >= 0.6 is 0 Å². The van der Waals surface area contributed by atoms with Crippen LogP contribution in [0.3, 0.4) is 0 Å². The van der Waals surface area contributed by atoms with Crippen molar-refractivity contribution >= 4 is 29.4 Å². The van der Waals surface area contributed by atoms with Gasteiger partial charge in [-0.2, -0.15) is 10.3 Å². The lowest BCUT2D eigenvalue weighted by molar-refractivity contribution is -0.119. The quantitative estimate of drug-likeness (QED) is 0.449. The van der Waals surface area contributed by atoms with Gasteiger partial charge in [0.05, 0.1) is 16.8 Å². The van der Waals surface area contributed by atoms with Gasteiger partial charge in [0.1, 0.15) is 35.4 Å². The standard InChI is InChI=1S/C24H22N6O5/c1-24(2,3)35-22(32)13-5-4-6-15(9-13)34-23-29-20-19(28-18(31)12-27-20)21(30-23)33-16-8-7-14(11-25)17(26)10-16/h4-10H,12,26H2,1-3H3,(H,28,31)(H,27,29,30). The third-order valence-electron chi connectivity index (χ3n) is 4.57. The molecule has 2 aliphatic heterocycles. The number of nitrogen functional groups attached to an aromatic ring is 1. The highest BCUT2D eigenvalue weighted by molar-refractivity contribution is 6.13. The van der Waals surface area contributed by atoms with Crippen molar-refractivity contribution in [3.63, 3.8) is 0 Å². The molecule has 178 valence electrons. The molecule has 0 spiro atoms. The average molecular weight is 474 g/mol. The fourth-order valence-corrected chi connectivity index (χ4v) is 3.08. The van der Waals surface area contributed by atoms with Crippen LogP contribution in [0.2, 0.25) is 0 Å². The summed E-state index contributed by atoms with van der Waals surface area (Å²) in [7, 11) is 0. The zero-order chi connectivity index (χ0) is 25.2. The van der Waals surface area contributed by atoms with Crippen molar-refractivity contribution in [2.75, 3.05) is 12.3 Å². The number of amidine groups is 2. The fraction of sp³-hybridized carbons (Fsp3) is 0.208. The molecule has 2 aromatic rings. The van der Waals surface area contributed by atoms with Gasteiger partial charge in [-0.1, -0.05) is 6.07 Å². The van der Waals surface area contributed by atoms with Crippen LogP contribution in [0.4, 0.5) is 5.69 Å². The number of nitrogens with zero attached hydrogens (tertiary/aromatic N) is 3. The van der Waals surface area contributed by atoms with Crippen molar-refractivity contribution in [2.24, 2.45) is 9.98 Å².